The fraction of sp³-hybridized carbons (Fsp3) is 0.800. The molecule has 0 bridgehead atoms. The molecule has 0 spiro atoms. The first kappa shape index (κ1) is 12.0. The van der Waals surface area contributed by atoms with Gasteiger partial charge in [-0.15, -0.1) is 0 Å². The zero-order valence-corrected chi connectivity index (χ0v) is 8.94. The summed E-state index contributed by atoms with van der Waals surface area (Å²) in [4.78, 5) is 24.0. The van der Waals surface area contributed by atoms with Crippen LogP contribution in [-0.2, 0) is 9.53 Å². The number of hydrogen-bond acceptors (Lipinski definition) is 4. The molecule has 0 aromatic rings. The highest BCUT2D eigenvalue weighted by Gasteiger charge is 2.26. The van der Waals surface area contributed by atoms with Crippen LogP contribution in [0, 0.1) is 0 Å². The largest absolute Gasteiger partial charge is 0.446 e. The Morgan fingerprint density at radius 3 is 2.93 bits per heavy atom. The minimum atomic E-state index is -0.583. The second kappa shape index (κ2) is 5.70. The number of aliphatic hydroxyl groups excluding tert-OH is 1. The molecule has 0 saturated carbocycles. The minimum Gasteiger partial charge on any atom is -0.446 e. The Balaban J connectivity index is 2.41. The van der Waals surface area contributed by atoms with E-state index in [9.17, 15) is 9.59 Å². The van der Waals surface area contributed by atoms with Crippen molar-refractivity contribution in [3.05, 3.63) is 0 Å². The summed E-state index contributed by atoms with van der Waals surface area (Å²) in [5.41, 5.74) is 0. The highest BCUT2D eigenvalue weighted by atomic mass is 16.6. The second-order valence-corrected chi connectivity index (χ2v) is 3.71. The molecule has 0 aromatic heterocycles. The average Bonchev–Trinajstić information content (AvgIpc) is 2.18. The number of likely N-dealkylation sites (tertiary alicyclic amines) is 1. The highest BCUT2D eigenvalue weighted by molar-refractivity contribution is 5.92. The van der Waals surface area contributed by atoms with Gasteiger partial charge in [-0.3, -0.25) is 4.79 Å². The van der Waals surface area contributed by atoms with Gasteiger partial charge in [0.05, 0.1) is 0 Å². The number of carbonyl (C=O) groups is 2. The molecule has 1 rings (SSSR count). The van der Waals surface area contributed by atoms with E-state index in [-0.39, 0.29) is 18.6 Å². The number of aliphatic hydroxyl groups is 1. The summed E-state index contributed by atoms with van der Waals surface area (Å²) in [6.45, 7) is 2.12. The second-order valence-electron chi connectivity index (χ2n) is 3.71. The van der Waals surface area contributed by atoms with Crippen LogP contribution in [0.25, 0.3) is 0 Å². The number of nitrogens with zero attached hydrogens (tertiary/aromatic N) is 1. The van der Waals surface area contributed by atoms with Crippen LogP contribution in [0.4, 0.5) is 4.79 Å². The molecule has 1 fully saturated rings. The van der Waals surface area contributed by atoms with Crippen LogP contribution in [-0.4, -0.2) is 41.3 Å². The summed E-state index contributed by atoms with van der Waals surface area (Å²) in [7, 11) is 0. The first-order valence-corrected chi connectivity index (χ1v) is 5.27. The molecule has 1 saturated heterocycles. The molecule has 15 heavy (non-hydrogen) atoms. The van der Waals surface area contributed by atoms with E-state index in [2.05, 4.69) is 0 Å². The van der Waals surface area contributed by atoms with E-state index in [1.54, 1.807) is 6.92 Å². The van der Waals surface area contributed by atoms with E-state index in [4.69, 9.17) is 9.84 Å². The molecule has 1 aliphatic heterocycles. The standard InChI is InChI=1S/C10H17NO4/c1-8(5-7-12)15-10(14)11-6-3-2-4-9(11)13/h8,12H,2-7H2,1H3. The summed E-state index contributed by atoms with van der Waals surface area (Å²) in [5.74, 6) is -0.164. The fourth-order valence-electron chi connectivity index (χ4n) is 1.48. The predicted molar refractivity (Wildman–Crippen MR) is 53.2 cm³/mol. The van der Waals surface area contributed by atoms with Crippen molar-refractivity contribution in [2.45, 2.75) is 38.7 Å². The van der Waals surface area contributed by atoms with Gasteiger partial charge in [0, 0.05) is 26.0 Å². The molecule has 1 N–H and O–H groups in total. The van der Waals surface area contributed by atoms with Gasteiger partial charge in [-0.05, 0) is 19.8 Å². The third-order valence-electron chi connectivity index (χ3n) is 2.38. The van der Waals surface area contributed by atoms with Gasteiger partial charge in [-0.1, -0.05) is 0 Å². The van der Waals surface area contributed by atoms with Crippen molar-refractivity contribution in [1.82, 2.24) is 4.90 Å². The topological polar surface area (TPSA) is 66.8 Å². The van der Waals surface area contributed by atoms with Crippen molar-refractivity contribution < 1.29 is 19.4 Å². The van der Waals surface area contributed by atoms with Gasteiger partial charge in [0.15, 0.2) is 0 Å². The maximum atomic E-state index is 11.5. The third kappa shape index (κ3) is 3.51. The SMILES string of the molecule is CC(CCO)OC(=O)N1CCCCC1=O. The monoisotopic (exact) mass is 215 g/mol. The molecule has 1 heterocycles. The number of imide groups is 1. The Hall–Kier alpha value is -1.10. The van der Waals surface area contributed by atoms with Crippen LogP contribution < -0.4 is 0 Å². The van der Waals surface area contributed by atoms with Gasteiger partial charge in [0.2, 0.25) is 5.91 Å². The lowest BCUT2D eigenvalue weighted by atomic mass is 10.1. The van der Waals surface area contributed by atoms with Gasteiger partial charge >= 0.3 is 6.09 Å². The highest BCUT2D eigenvalue weighted by Crippen LogP contribution is 2.12. The van der Waals surface area contributed by atoms with Crippen LogP contribution in [0.3, 0.4) is 0 Å². The Labute approximate surface area is 89.0 Å². The van der Waals surface area contributed by atoms with E-state index in [1.807, 2.05) is 0 Å². The fourth-order valence-corrected chi connectivity index (χ4v) is 1.48. The molecule has 5 nitrogen and oxygen atoms in total. The van der Waals surface area contributed by atoms with Crippen molar-refractivity contribution in [2.75, 3.05) is 13.2 Å². The van der Waals surface area contributed by atoms with Crippen LogP contribution in [0.15, 0.2) is 0 Å². The predicted octanol–water partition coefficient (Wildman–Crippen LogP) is 0.906. The summed E-state index contributed by atoms with van der Waals surface area (Å²) in [6, 6.07) is 0. The maximum Gasteiger partial charge on any atom is 0.416 e. The van der Waals surface area contributed by atoms with Gasteiger partial charge in [0.1, 0.15) is 6.10 Å². The van der Waals surface area contributed by atoms with Crippen LogP contribution >= 0.6 is 0 Å². The number of ether oxygens (including phenoxy) is 1. The summed E-state index contributed by atoms with van der Waals surface area (Å²) in [6.07, 6.45) is 1.57. The number of hydrogen-bond donors (Lipinski definition) is 1. The minimum absolute atomic E-state index is 0.0254. The van der Waals surface area contributed by atoms with Crippen molar-refractivity contribution >= 4 is 12.0 Å². The zero-order valence-electron chi connectivity index (χ0n) is 8.94. The molecule has 2 amide bonds. The van der Waals surface area contributed by atoms with Crippen LogP contribution in [0.1, 0.15) is 32.6 Å². The van der Waals surface area contributed by atoms with E-state index in [0.29, 0.717) is 19.4 Å². The summed E-state index contributed by atoms with van der Waals surface area (Å²) >= 11 is 0. The molecule has 1 atom stereocenters. The van der Waals surface area contributed by atoms with Gasteiger partial charge < -0.3 is 9.84 Å². The lowest BCUT2D eigenvalue weighted by molar-refractivity contribution is -0.131. The normalized spacial score (nSPS) is 18.8. The molecule has 5 heteroatoms. The molecule has 1 aliphatic rings. The van der Waals surface area contributed by atoms with Gasteiger partial charge in [0.25, 0.3) is 0 Å². The average molecular weight is 215 g/mol. The molecular formula is C10H17NO4. The van der Waals surface area contributed by atoms with Crippen molar-refractivity contribution in [2.24, 2.45) is 0 Å². The van der Waals surface area contributed by atoms with Crippen molar-refractivity contribution in [1.29, 1.82) is 0 Å². The van der Waals surface area contributed by atoms with Crippen molar-refractivity contribution in [3.63, 3.8) is 0 Å². The van der Waals surface area contributed by atoms with Crippen LogP contribution in [0.2, 0.25) is 0 Å². The third-order valence-corrected chi connectivity index (χ3v) is 2.38. The number of carbonyl (C=O) groups excluding carboxylic acids is 2. The number of piperidine rings is 1. The smallest absolute Gasteiger partial charge is 0.416 e. The lowest BCUT2D eigenvalue weighted by Gasteiger charge is -2.25. The maximum absolute atomic E-state index is 11.5. The van der Waals surface area contributed by atoms with E-state index in [1.165, 1.54) is 0 Å². The molecule has 0 radical (unpaired) electrons. The molecule has 0 aliphatic carbocycles. The van der Waals surface area contributed by atoms with Gasteiger partial charge in [-0.25, -0.2) is 9.69 Å². The molecule has 1 unspecified atom stereocenters. The zero-order chi connectivity index (χ0) is 11.3. The Bertz CT molecular complexity index is 242. The molecular weight excluding hydrogens is 198 g/mol. The Kier molecular flexibility index (Phi) is 4.55. The van der Waals surface area contributed by atoms with Gasteiger partial charge in [-0.2, -0.15) is 0 Å². The first-order valence-electron chi connectivity index (χ1n) is 5.27. The Morgan fingerprint density at radius 1 is 1.60 bits per heavy atom. The lowest BCUT2D eigenvalue weighted by Crippen LogP contribution is -2.41. The van der Waals surface area contributed by atoms with E-state index < -0.39 is 6.09 Å². The summed E-state index contributed by atoms with van der Waals surface area (Å²) < 4.78 is 5.01. The van der Waals surface area contributed by atoms with Crippen LogP contribution in [0.5, 0.6) is 0 Å². The molecule has 86 valence electrons. The van der Waals surface area contributed by atoms with E-state index in [0.717, 1.165) is 17.7 Å². The summed E-state index contributed by atoms with van der Waals surface area (Å²) in [5, 5.41) is 8.64. The first-order chi connectivity index (χ1) is 7.15. The van der Waals surface area contributed by atoms with E-state index >= 15 is 0 Å². The quantitative estimate of drug-likeness (QED) is 0.759. The molecule has 0 aromatic carbocycles. The van der Waals surface area contributed by atoms with Crippen molar-refractivity contribution in [3.8, 4) is 0 Å². The number of rotatable bonds is 3. The Morgan fingerprint density at radius 2 is 2.33 bits per heavy atom. The number of amides is 2.